The van der Waals surface area contributed by atoms with Crippen molar-refractivity contribution in [2.75, 3.05) is 58.1 Å². The van der Waals surface area contributed by atoms with E-state index in [2.05, 4.69) is 55.6 Å². The summed E-state index contributed by atoms with van der Waals surface area (Å²) in [6, 6.07) is 8.53. The number of nitrogens with zero attached hydrogens (tertiary/aromatic N) is 2. The molecule has 1 atom stereocenters. The summed E-state index contributed by atoms with van der Waals surface area (Å²) in [6.45, 7) is 4.54. The van der Waals surface area contributed by atoms with E-state index in [1.54, 1.807) is 0 Å². The molecule has 0 fully saturated rings. The first kappa shape index (κ1) is 21.2. The normalized spacial score (nSPS) is 13.1. The molecule has 24 heavy (non-hydrogen) atoms. The van der Waals surface area contributed by atoms with Crippen LogP contribution in [0.5, 0.6) is 0 Å². The van der Waals surface area contributed by atoms with Crippen molar-refractivity contribution in [1.29, 1.82) is 0 Å². The van der Waals surface area contributed by atoms with Gasteiger partial charge in [0.2, 0.25) is 0 Å². The topological polar surface area (TPSA) is 67.3 Å². The standard InChI is InChI=1S/C18H35ClN5/c1-23(12-10-19)17-7-5-16(6-8-17)15-22-18(21)9-14-24(2,3)13-4-11-20/h5-8,18,22H,4,9-15,20-21H2,1-3H3/q+1. The number of halogens is 1. The highest BCUT2D eigenvalue weighted by Gasteiger charge is 2.15. The molecule has 1 aromatic rings. The van der Waals surface area contributed by atoms with E-state index in [0.29, 0.717) is 5.88 Å². The van der Waals surface area contributed by atoms with Gasteiger partial charge in [0.05, 0.1) is 33.4 Å². The molecule has 0 aliphatic carbocycles. The molecule has 0 bridgehead atoms. The van der Waals surface area contributed by atoms with Gasteiger partial charge in [-0.3, -0.25) is 5.32 Å². The van der Waals surface area contributed by atoms with Crippen molar-refractivity contribution in [3.8, 4) is 0 Å². The first-order chi connectivity index (χ1) is 11.4. The zero-order valence-electron chi connectivity index (χ0n) is 15.5. The van der Waals surface area contributed by atoms with Crippen LogP contribution >= 0.6 is 11.6 Å². The Morgan fingerprint density at radius 1 is 1.21 bits per heavy atom. The number of hydrogen-bond acceptors (Lipinski definition) is 4. The van der Waals surface area contributed by atoms with Gasteiger partial charge in [0.25, 0.3) is 0 Å². The highest BCUT2D eigenvalue weighted by Crippen LogP contribution is 2.14. The molecule has 5 N–H and O–H groups in total. The van der Waals surface area contributed by atoms with Crippen molar-refractivity contribution in [3.05, 3.63) is 29.8 Å². The Kier molecular flexibility index (Phi) is 9.63. The molecular weight excluding hydrogens is 322 g/mol. The van der Waals surface area contributed by atoms with E-state index in [0.717, 1.165) is 50.0 Å². The number of quaternary nitrogens is 1. The predicted molar refractivity (Wildman–Crippen MR) is 105 cm³/mol. The van der Waals surface area contributed by atoms with Crippen molar-refractivity contribution >= 4 is 17.3 Å². The Bertz CT molecular complexity index is 449. The molecule has 5 nitrogen and oxygen atoms in total. The molecule has 1 rings (SSSR count). The van der Waals surface area contributed by atoms with E-state index in [1.807, 2.05) is 0 Å². The zero-order chi connectivity index (χ0) is 18.0. The summed E-state index contributed by atoms with van der Waals surface area (Å²) in [5.74, 6) is 0.634. The van der Waals surface area contributed by atoms with Gasteiger partial charge >= 0.3 is 0 Å². The third kappa shape index (κ3) is 8.31. The van der Waals surface area contributed by atoms with E-state index in [-0.39, 0.29) is 6.17 Å². The van der Waals surface area contributed by atoms with Crippen molar-refractivity contribution in [2.24, 2.45) is 11.5 Å². The summed E-state index contributed by atoms with van der Waals surface area (Å²) in [7, 11) is 6.52. The maximum Gasteiger partial charge on any atom is 0.0810 e. The van der Waals surface area contributed by atoms with Gasteiger partial charge in [-0.25, -0.2) is 0 Å². The first-order valence-electron chi connectivity index (χ1n) is 8.75. The van der Waals surface area contributed by atoms with Crippen molar-refractivity contribution < 1.29 is 4.48 Å². The summed E-state index contributed by atoms with van der Waals surface area (Å²) in [4.78, 5) is 2.15. The fourth-order valence-corrected chi connectivity index (χ4v) is 2.85. The van der Waals surface area contributed by atoms with Gasteiger partial charge in [-0.15, -0.1) is 11.6 Å². The SMILES string of the molecule is CN(CCCl)c1ccc(CNC(N)CC[N+](C)(C)CCCN)cc1. The van der Waals surface area contributed by atoms with Gasteiger partial charge in [-0.2, -0.15) is 0 Å². The smallest absolute Gasteiger partial charge is 0.0810 e. The summed E-state index contributed by atoms with van der Waals surface area (Å²) in [5.41, 5.74) is 14.2. The minimum Gasteiger partial charge on any atom is -0.373 e. The molecule has 0 aliphatic rings. The quantitative estimate of drug-likeness (QED) is 0.302. The van der Waals surface area contributed by atoms with Gasteiger partial charge < -0.3 is 20.9 Å². The molecule has 0 aliphatic heterocycles. The zero-order valence-corrected chi connectivity index (χ0v) is 16.2. The molecule has 1 unspecified atom stereocenters. The van der Waals surface area contributed by atoms with Crippen LogP contribution < -0.4 is 21.7 Å². The number of hydrogen-bond donors (Lipinski definition) is 3. The number of benzene rings is 1. The minimum atomic E-state index is 0.0128. The summed E-state index contributed by atoms with van der Waals surface area (Å²) in [6.07, 6.45) is 2.02. The lowest BCUT2D eigenvalue weighted by Gasteiger charge is -2.31. The molecule has 6 heteroatoms. The van der Waals surface area contributed by atoms with Crippen LogP contribution in [0.1, 0.15) is 18.4 Å². The molecular formula is C18H35ClN5+. The molecule has 0 saturated carbocycles. The van der Waals surface area contributed by atoms with Crippen molar-refractivity contribution in [2.45, 2.75) is 25.6 Å². The van der Waals surface area contributed by atoms with Crippen LogP contribution in [0.4, 0.5) is 5.69 Å². The highest BCUT2D eigenvalue weighted by molar-refractivity contribution is 6.18. The van der Waals surface area contributed by atoms with Crippen LogP contribution in [0.25, 0.3) is 0 Å². The van der Waals surface area contributed by atoms with E-state index >= 15 is 0 Å². The second-order valence-electron chi connectivity index (χ2n) is 7.08. The summed E-state index contributed by atoms with van der Waals surface area (Å²) >= 11 is 5.78. The van der Waals surface area contributed by atoms with Gasteiger partial charge in [0.1, 0.15) is 0 Å². The first-order valence-corrected chi connectivity index (χ1v) is 9.28. The molecule has 1 aromatic carbocycles. The second-order valence-corrected chi connectivity index (χ2v) is 7.46. The Hall–Kier alpha value is -0.850. The van der Waals surface area contributed by atoms with Gasteiger partial charge in [-0.05, 0) is 24.2 Å². The van der Waals surface area contributed by atoms with E-state index in [4.69, 9.17) is 23.1 Å². The monoisotopic (exact) mass is 356 g/mol. The number of nitrogens with one attached hydrogen (secondary N) is 1. The van der Waals surface area contributed by atoms with Crippen LogP contribution in [0.3, 0.4) is 0 Å². The third-order valence-electron chi connectivity index (χ3n) is 4.38. The number of anilines is 1. The predicted octanol–water partition coefficient (Wildman–Crippen LogP) is 1.55. The molecule has 0 spiro atoms. The van der Waals surface area contributed by atoms with Crippen LogP contribution in [0.15, 0.2) is 24.3 Å². The number of rotatable bonds is 12. The Labute approximate surface area is 152 Å². The summed E-state index contributed by atoms with van der Waals surface area (Å²) in [5, 5.41) is 3.41. The van der Waals surface area contributed by atoms with Crippen molar-refractivity contribution in [1.82, 2.24) is 5.32 Å². The van der Waals surface area contributed by atoms with Crippen LogP contribution in [0, 0.1) is 0 Å². The third-order valence-corrected chi connectivity index (χ3v) is 4.55. The number of alkyl halides is 1. The largest absolute Gasteiger partial charge is 0.373 e. The highest BCUT2D eigenvalue weighted by atomic mass is 35.5. The maximum absolute atomic E-state index is 6.21. The lowest BCUT2D eigenvalue weighted by Crippen LogP contribution is -2.46. The average Bonchev–Trinajstić information content (AvgIpc) is 2.57. The average molecular weight is 357 g/mol. The molecule has 0 aromatic heterocycles. The minimum absolute atomic E-state index is 0.0128. The van der Waals surface area contributed by atoms with Crippen LogP contribution in [0.2, 0.25) is 0 Å². The fraction of sp³-hybridized carbons (Fsp3) is 0.667. The lowest BCUT2D eigenvalue weighted by atomic mass is 10.2. The molecule has 0 heterocycles. The fourth-order valence-electron chi connectivity index (χ4n) is 2.59. The van der Waals surface area contributed by atoms with E-state index in [1.165, 1.54) is 11.3 Å². The van der Waals surface area contributed by atoms with Gasteiger partial charge in [0.15, 0.2) is 0 Å². The Morgan fingerprint density at radius 2 is 1.88 bits per heavy atom. The number of nitrogens with two attached hydrogens (primary N) is 2. The van der Waals surface area contributed by atoms with E-state index in [9.17, 15) is 0 Å². The molecule has 138 valence electrons. The maximum atomic E-state index is 6.21. The molecule has 0 radical (unpaired) electrons. The Morgan fingerprint density at radius 3 is 2.46 bits per heavy atom. The Balaban J connectivity index is 2.35. The van der Waals surface area contributed by atoms with Gasteiger partial charge in [-0.1, -0.05) is 12.1 Å². The van der Waals surface area contributed by atoms with Crippen molar-refractivity contribution in [3.63, 3.8) is 0 Å². The summed E-state index contributed by atoms with van der Waals surface area (Å²) < 4.78 is 0.966. The molecule has 0 amide bonds. The van der Waals surface area contributed by atoms with Crippen LogP contribution in [-0.2, 0) is 6.54 Å². The van der Waals surface area contributed by atoms with Crippen LogP contribution in [-0.4, -0.2) is 63.9 Å². The second kappa shape index (κ2) is 10.9. The van der Waals surface area contributed by atoms with Gasteiger partial charge in [0, 0.05) is 44.5 Å². The lowest BCUT2D eigenvalue weighted by molar-refractivity contribution is -0.890. The molecule has 0 saturated heterocycles. The van der Waals surface area contributed by atoms with E-state index < -0.39 is 0 Å².